The lowest BCUT2D eigenvalue weighted by Gasteiger charge is -2.23. The molecule has 8 heteroatoms. The second-order valence-electron chi connectivity index (χ2n) is 7.54. The van der Waals surface area contributed by atoms with Crippen molar-refractivity contribution in [2.24, 2.45) is 0 Å². The molecule has 1 aliphatic rings. The van der Waals surface area contributed by atoms with Crippen LogP contribution in [-0.2, 0) is 0 Å². The van der Waals surface area contributed by atoms with Crippen molar-refractivity contribution in [3.63, 3.8) is 0 Å². The number of urea groups is 1. The van der Waals surface area contributed by atoms with E-state index in [-0.39, 0.29) is 17.4 Å². The van der Waals surface area contributed by atoms with Gasteiger partial charge < -0.3 is 15.1 Å². The van der Waals surface area contributed by atoms with Gasteiger partial charge in [0.15, 0.2) is 0 Å². The average molecular weight is 421 g/mol. The van der Waals surface area contributed by atoms with E-state index < -0.39 is 0 Å². The van der Waals surface area contributed by atoms with Gasteiger partial charge in [0.2, 0.25) is 0 Å². The normalized spacial score (nSPS) is 14.3. The lowest BCUT2D eigenvalue weighted by molar-refractivity contribution is 0.215. The SMILES string of the molecule is Cc1ccc(NC(=O)N2CCCN(c3ccc(=O)n(-c4ccc(F)cc4)n3)CC2)cc1. The number of hydrogen-bond acceptors (Lipinski definition) is 4. The van der Waals surface area contributed by atoms with Crippen LogP contribution >= 0.6 is 0 Å². The number of aromatic nitrogens is 2. The first kappa shape index (κ1) is 20.6. The third-order valence-electron chi connectivity index (χ3n) is 5.27. The van der Waals surface area contributed by atoms with Gasteiger partial charge >= 0.3 is 6.03 Å². The lowest BCUT2D eigenvalue weighted by atomic mass is 10.2. The smallest absolute Gasteiger partial charge is 0.321 e. The van der Waals surface area contributed by atoms with E-state index in [2.05, 4.69) is 15.3 Å². The Morgan fingerprint density at radius 3 is 2.42 bits per heavy atom. The van der Waals surface area contributed by atoms with E-state index in [1.807, 2.05) is 31.2 Å². The minimum atomic E-state index is -0.371. The highest BCUT2D eigenvalue weighted by Crippen LogP contribution is 2.15. The first-order valence-electron chi connectivity index (χ1n) is 10.2. The largest absolute Gasteiger partial charge is 0.353 e. The first-order chi connectivity index (χ1) is 15.0. The Morgan fingerprint density at radius 1 is 0.935 bits per heavy atom. The van der Waals surface area contributed by atoms with Crippen LogP contribution in [0.3, 0.4) is 0 Å². The molecule has 2 aromatic carbocycles. The molecule has 2 amide bonds. The highest BCUT2D eigenvalue weighted by Gasteiger charge is 2.20. The molecule has 1 N–H and O–H groups in total. The van der Waals surface area contributed by atoms with Gasteiger partial charge in [0, 0.05) is 37.9 Å². The van der Waals surface area contributed by atoms with Gasteiger partial charge in [0.1, 0.15) is 11.6 Å². The molecule has 0 atom stereocenters. The molecule has 1 saturated heterocycles. The Bertz CT molecular complexity index is 1110. The molecule has 0 radical (unpaired) electrons. The first-order valence-corrected chi connectivity index (χ1v) is 10.2. The second-order valence-corrected chi connectivity index (χ2v) is 7.54. The number of anilines is 2. The highest BCUT2D eigenvalue weighted by molar-refractivity contribution is 5.89. The third-order valence-corrected chi connectivity index (χ3v) is 5.27. The van der Waals surface area contributed by atoms with Gasteiger partial charge in [-0.05, 0) is 55.8 Å². The quantitative estimate of drug-likeness (QED) is 0.704. The van der Waals surface area contributed by atoms with Crippen molar-refractivity contribution in [1.82, 2.24) is 14.7 Å². The van der Waals surface area contributed by atoms with Crippen molar-refractivity contribution in [3.05, 3.63) is 82.4 Å². The molecule has 160 valence electrons. The van der Waals surface area contributed by atoms with Crippen LogP contribution in [0.1, 0.15) is 12.0 Å². The number of amides is 2. The van der Waals surface area contributed by atoms with Crippen molar-refractivity contribution in [1.29, 1.82) is 0 Å². The Balaban J connectivity index is 1.45. The van der Waals surface area contributed by atoms with E-state index in [0.717, 1.165) is 17.7 Å². The van der Waals surface area contributed by atoms with E-state index in [4.69, 9.17) is 0 Å². The van der Waals surface area contributed by atoms with Crippen LogP contribution in [-0.4, -0.2) is 46.9 Å². The maximum absolute atomic E-state index is 13.2. The summed E-state index contributed by atoms with van der Waals surface area (Å²) < 4.78 is 14.5. The van der Waals surface area contributed by atoms with Crippen LogP contribution in [0.4, 0.5) is 20.7 Å². The predicted molar refractivity (Wildman–Crippen MR) is 118 cm³/mol. The van der Waals surface area contributed by atoms with Crippen molar-refractivity contribution in [2.75, 3.05) is 36.4 Å². The van der Waals surface area contributed by atoms with E-state index in [0.29, 0.717) is 37.7 Å². The van der Waals surface area contributed by atoms with Crippen molar-refractivity contribution in [2.45, 2.75) is 13.3 Å². The molecular weight excluding hydrogens is 397 g/mol. The van der Waals surface area contributed by atoms with Gasteiger partial charge in [-0.1, -0.05) is 17.7 Å². The Morgan fingerprint density at radius 2 is 1.68 bits per heavy atom. The molecule has 4 rings (SSSR count). The third kappa shape index (κ3) is 4.91. The van der Waals surface area contributed by atoms with Gasteiger partial charge in [-0.25, -0.2) is 9.18 Å². The van der Waals surface area contributed by atoms with Gasteiger partial charge in [0.05, 0.1) is 5.69 Å². The molecule has 0 aliphatic carbocycles. The fraction of sp³-hybridized carbons (Fsp3) is 0.261. The van der Waals surface area contributed by atoms with E-state index in [1.54, 1.807) is 11.0 Å². The van der Waals surface area contributed by atoms with Crippen LogP contribution < -0.4 is 15.8 Å². The molecule has 0 unspecified atom stereocenters. The van der Waals surface area contributed by atoms with Crippen LogP contribution in [0.15, 0.2) is 65.5 Å². The van der Waals surface area contributed by atoms with Crippen LogP contribution in [0.2, 0.25) is 0 Å². The summed E-state index contributed by atoms with van der Waals surface area (Å²) in [5.74, 6) is 0.272. The molecule has 7 nitrogen and oxygen atoms in total. The summed E-state index contributed by atoms with van der Waals surface area (Å²) in [4.78, 5) is 28.8. The molecule has 3 aromatic rings. The number of nitrogens with one attached hydrogen (secondary N) is 1. The standard InChI is InChI=1S/C23H24FN5O2/c1-17-3-7-19(8-4-17)25-23(31)28-14-2-13-27(15-16-28)21-11-12-22(30)29(26-21)20-9-5-18(24)6-10-20/h3-12H,2,13-16H2,1H3,(H,25,31). The van der Waals surface area contributed by atoms with Crippen LogP contribution in [0, 0.1) is 12.7 Å². The highest BCUT2D eigenvalue weighted by atomic mass is 19.1. The number of nitrogens with zero attached hydrogens (tertiary/aromatic N) is 4. The maximum Gasteiger partial charge on any atom is 0.321 e. The monoisotopic (exact) mass is 421 g/mol. The Kier molecular flexibility index (Phi) is 5.97. The van der Waals surface area contributed by atoms with Crippen molar-refractivity contribution >= 4 is 17.5 Å². The zero-order valence-corrected chi connectivity index (χ0v) is 17.3. The zero-order valence-electron chi connectivity index (χ0n) is 17.3. The topological polar surface area (TPSA) is 70.5 Å². The number of rotatable bonds is 3. The predicted octanol–water partition coefficient (Wildman–Crippen LogP) is 3.42. The number of carbonyl (C=O) groups is 1. The molecule has 0 spiro atoms. The molecule has 2 heterocycles. The summed E-state index contributed by atoms with van der Waals surface area (Å²) in [6.45, 7) is 4.47. The van der Waals surface area contributed by atoms with Gasteiger partial charge in [-0.2, -0.15) is 4.68 Å². The van der Waals surface area contributed by atoms with Crippen molar-refractivity contribution < 1.29 is 9.18 Å². The molecule has 1 fully saturated rings. The maximum atomic E-state index is 13.2. The van der Waals surface area contributed by atoms with Crippen molar-refractivity contribution in [3.8, 4) is 5.69 Å². The minimum absolute atomic E-state index is 0.130. The zero-order chi connectivity index (χ0) is 21.8. The number of aryl methyl sites for hydroxylation is 1. The second kappa shape index (κ2) is 8.99. The molecule has 1 aliphatic heterocycles. The fourth-order valence-electron chi connectivity index (χ4n) is 3.53. The number of hydrogen-bond donors (Lipinski definition) is 1. The summed E-state index contributed by atoms with van der Waals surface area (Å²) in [6.07, 6.45) is 0.776. The minimum Gasteiger partial charge on any atom is -0.353 e. The Labute approximate surface area is 179 Å². The molecule has 0 saturated carbocycles. The fourth-order valence-corrected chi connectivity index (χ4v) is 3.53. The molecule has 31 heavy (non-hydrogen) atoms. The molecular formula is C23H24FN5O2. The summed E-state index contributed by atoms with van der Waals surface area (Å²) >= 11 is 0. The van der Waals surface area contributed by atoms with E-state index >= 15 is 0 Å². The summed E-state index contributed by atoms with van der Waals surface area (Å²) in [7, 11) is 0. The van der Waals surface area contributed by atoms with E-state index in [9.17, 15) is 14.0 Å². The number of carbonyl (C=O) groups excluding carboxylic acids is 1. The molecule has 1 aromatic heterocycles. The average Bonchev–Trinajstić information content (AvgIpc) is 3.03. The summed E-state index contributed by atoms with van der Waals surface area (Å²) in [5.41, 5.74) is 2.12. The Hall–Kier alpha value is -3.68. The van der Waals surface area contributed by atoms with Crippen LogP contribution in [0.5, 0.6) is 0 Å². The van der Waals surface area contributed by atoms with Gasteiger partial charge in [0.25, 0.3) is 5.56 Å². The van der Waals surface area contributed by atoms with Gasteiger partial charge in [-0.3, -0.25) is 4.79 Å². The van der Waals surface area contributed by atoms with Gasteiger partial charge in [-0.15, -0.1) is 5.10 Å². The number of halogens is 1. The van der Waals surface area contributed by atoms with Crippen LogP contribution in [0.25, 0.3) is 5.69 Å². The number of benzene rings is 2. The van der Waals surface area contributed by atoms with E-state index in [1.165, 1.54) is 35.0 Å². The molecule has 0 bridgehead atoms. The summed E-state index contributed by atoms with van der Waals surface area (Å²) in [6, 6.07) is 16.3. The summed E-state index contributed by atoms with van der Waals surface area (Å²) in [5, 5.41) is 7.41. The lowest BCUT2D eigenvalue weighted by Crippen LogP contribution is -2.38.